The van der Waals surface area contributed by atoms with Crippen LogP contribution < -0.4 is 0 Å². The molecule has 2 aromatic carbocycles. The second-order valence-corrected chi connectivity index (χ2v) is 7.97. The number of carbonyl (C=O) groups is 2. The molecule has 2 heterocycles. The maximum Gasteiger partial charge on any atom is 0.359 e. The van der Waals surface area contributed by atoms with Crippen LogP contribution in [0.5, 0.6) is 0 Å². The summed E-state index contributed by atoms with van der Waals surface area (Å²) < 4.78 is 35.3. The minimum Gasteiger partial charge on any atom is -0.476 e. The SMILES string of the molecule is Cc1cc(C(=O)OCc2cc(C(=O)O)nn2CCc2ccccc2)nn1Cc1cc(F)cc(F)c1. The van der Waals surface area contributed by atoms with Crippen LogP contribution in [0.2, 0.25) is 0 Å². The summed E-state index contributed by atoms with van der Waals surface area (Å²) in [4.78, 5) is 24.0. The van der Waals surface area contributed by atoms with Crippen molar-refractivity contribution in [1.29, 1.82) is 0 Å². The number of aromatic nitrogens is 4. The van der Waals surface area contributed by atoms with Gasteiger partial charge < -0.3 is 9.84 Å². The van der Waals surface area contributed by atoms with E-state index in [2.05, 4.69) is 10.2 Å². The van der Waals surface area contributed by atoms with Crippen molar-refractivity contribution in [3.8, 4) is 0 Å². The molecule has 0 fully saturated rings. The Morgan fingerprint density at radius 1 is 0.914 bits per heavy atom. The molecule has 0 amide bonds. The largest absolute Gasteiger partial charge is 0.476 e. The van der Waals surface area contributed by atoms with Gasteiger partial charge in [-0.15, -0.1) is 0 Å². The highest BCUT2D eigenvalue weighted by molar-refractivity contribution is 5.87. The molecule has 4 aromatic rings. The Morgan fingerprint density at radius 2 is 1.60 bits per heavy atom. The molecule has 35 heavy (non-hydrogen) atoms. The highest BCUT2D eigenvalue weighted by Crippen LogP contribution is 2.14. The summed E-state index contributed by atoms with van der Waals surface area (Å²) in [7, 11) is 0. The van der Waals surface area contributed by atoms with Crippen molar-refractivity contribution < 1.29 is 28.2 Å². The highest BCUT2D eigenvalue weighted by atomic mass is 19.1. The van der Waals surface area contributed by atoms with Crippen molar-refractivity contribution in [2.45, 2.75) is 33.0 Å². The van der Waals surface area contributed by atoms with E-state index < -0.39 is 23.6 Å². The van der Waals surface area contributed by atoms with E-state index in [9.17, 15) is 23.5 Å². The molecule has 10 heteroatoms. The number of carboxylic acid groups (broad SMARTS) is 1. The van der Waals surface area contributed by atoms with Gasteiger partial charge in [0.15, 0.2) is 11.4 Å². The lowest BCUT2D eigenvalue weighted by Gasteiger charge is -2.08. The third-order valence-corrected chi connectivity index (χ3v) is 5.33. The number of nitrogens with zero attached hydrogens (tertiary/aromatic N) is 4. The lowest BCUT2D eigenvalue weighted by molar-refractivity contribution is 0.0453. The monoisotopic (exact) mass is 480 g/mol. The van der Waals surface area contributed by atoms with Gasteiger partial charge in [0, 0.05) is 18.3 Å². The molecule has 0 atom stereocenters. The molecule has 8 nitrogen and oxygen atoms in total. The Hall–Kier alpha value is -4.34. The van der Waals surface area contributed by atoms with Crippen LogP contribution in [0.25, 0.3) is 0 Å². The highest BCUT2D eigenvalue weighted by Gasteiger charge is 2.18. The van der Waals surface area contributed by atoms with Crippen molar-refractivity contribution in [1.82, 2.24) is 19.6 Å². The third kappa shape index (κ3) is 5.97. The van der Waals surface area contributed by atoms with E-state index in [0.29, 0.717) is 29.9 Å². The van der Waals surface area contributed by atoms with Gasteiger partial charge in [-0.25, -0.2) is 18.4 Å². The molecule has 0 radical (unpaired) electrons. The van der Waals surface area contributed by atoms with Crippen molar-refractivity contribution >= 4 is 11.9 Å². The summed E-state index contributed by atoms with van der Waals surface area (Å²) in [6.07, 6.45) is 0.618. The number of halogens is 2. The summed E-state index contributed by atoms with van der Waals surface area (Å²) in [5.74, 6) is -3.30. The van der Waals surface area contributed by atoms with Crippen molar-refractivity contribution in [3.63, 3.8) is 0 Å². The summed E-state index contributed by atoms with van der Waals surface area (Å²) >= 11 is 0. The molecule has 0 aliphatic rings. The zero-order valence-electron chi connectivity index (χ0n) is 18.8. The number of carbonyl (C=O) groups excluding carboxylic acids is 1. The number of hydrogen-bond donors (Lipinski definition) is 1. The molecule has 0 aliphatic heterocycles. The maximum atomic E-state index is 13.5. The van der Waals surface area contributed by atoms with Gasteiger partial charge in [0.2, 0.25) is 0 Å². The Balaban J connectivity index is 1.44. The average molecular weight is 480 g/mol. The van der Waals surface area contributed by atoms with E-state index in [-0.39, 0.29) is 24.5 Å². The molecule has 0 bridgehead atoms. The van der Waals surface area contributed by atoms with Crippen LogP contribution in [0.4, 0.5) is 8.78 Å². The molecule has 2 aromatic heterocycles. The van der Waals surface area contributed by atoms with Gasteiger partial charge in [0.05, 0.1) is 12.2 Å². The number of esters is 1. The van der Waals surface area contributed by atoms with Gasteiger partial charge in [-0.3, -0.25) is 9.36 Å². The molecule has 0 saturated carbocycles. The fraction of sp³-hybridized carbons (Fsp3) is 0.200. The van der Waals surface area contributed by atoms with Crippen LogP contribution in [0.1, 0.15) is 43.5 Å². The molecule has 0 spiro atoms. The van der Waals surface area contributed by atoms with Gasteiger partial charge in [0.1, 0.15) is 18.2 Å². The summed E-state index contributed by atoms with van der Waals surface area (Å²) in [5, 5.41) is 17.6. The number of carboxylic acids is 1. The number of rotatable bonds is 9. The molecule has 0 aliphatic carbocycles. The lowest BCUT2D eigenvalue weighted by Crippen LogP contribution is -2.12. The van der Waals surface area contributed by atoms with Crippen LogP contribution >= 0.6 is 0 Å². The van der Waals surface area contributed by atoms with E-state index in [1.807, 2.05) is 30.3 Å². The van der Waals surface area contributed by atoms with Gasteiger partial charge in [0.25, 0.3) is 0 Å². The molecule has 0 unspecified atom stereocenters. The summed E-state index contributed by atoms with van der Waals surface area (Å²) in [5.41, 5.74) is 2.32. The standard InChI is InChI=1S/C25H22F2N4O4/c1-16-9-23(29-31(16)14-18-10-19(26)12-20(27)11-18)25(34)35-15-21-13-22(24(32)33)28-30(21)8-7-17-5-3-2-4-6-17/h2-6,9-13H,7-8,14-15H2,1H3,(H,32,33). The topological polar surface area (TPSA) is 99.2 Å². The zero-order valence-corrected chi connectivity index (χ0v) is 18.8. The molecule has 180 valence electrons. The van der Waals surface area contributed by atoms with E-state index in [4.69, 9.17) is 4.74 Å². The Labute approximate surface area is 199 Å². The second-order valence-electron chi connectivity index (χ2n) is 7.97. The summed E-state index contributed by atoms with van der Waals surface area (Å²) in [6, 6.07) is 15.7. The van der Waals surface area contributed by atoms with Gasteiger partial charge in [-0.1, -0.05) is 30.3 Å². The normalized spacial score (nSPS) is 10.9. The Morgan fingerprint density at radius 3 is 2.29 bits per heavy atom. The van der Waals surface area contributed by atoms with E-state index >= 15 is 0 Å². The molecular formula is C25H22F2N4O4. The maximum absolute atomic E-state index is 13.5. The fourth-order valence-electron chi connectivity index (χ4n) is 3.61. The molecule has 0 saturated heterocycles. The van der Waals surface area contributed by atoms with Crippen molar-refractivity contribution in [2.24, 2.45) is 0 Å². The van der Waals surface area contributed by atoms with E-state index in [0.717, 1.165) is 11.6 Å². The van der Waals surface area contributed by atoms with Crippen LogP contribution in [0, 0.1) is 18.6 Å². The first-order valence-electron chi connectivity index (χ1n) is 10.8. The van der Waals surface area contributed by atoms with Gasteiger partial charge in [-0.2, -0.15) is 10.2 Å². The number of hydrogen-bond acceptors (Lipinski definition) is 5. The molecular weight excluding hydrogens is 458 g/mol. The fourth-order valence-corrected chi connectivity index (χ4v) is 3.61. The predicted molar refractivity (Wildman–Crippen MR) is 121 cm³/mol. The van der Waals surface area contributed by atoms with Crippen molar-refractivity contribution in [2.75, 3.05) is 0 Å². The van der Waals surface area contributed by atoms with E-state index in [1.165, 1.54) is 33.6 Å². The quantitative estimate of drug-likeness (QED) is 0.364. The lowest BCUT2D eigenvalue weighted by atomic mass is 10.1. The third-order valence-electron chi connectivity index (χ3n) is 5.33. The minimum absolute atomic E-state index is 0.0215. The number of aromatic carboxylic acids is 1. The first kappa shape index (κ1) is 23.8. The number of aryl methyl sites for hydroxylation is 3. The average Bonchev–Trinajstić information content (AvgIpc) is 3.39. The molecule has 1 N–H and O–H groups in total. The number of ether oxygens (including phenoxy) is 1. The van der Waals surface area contributed by atoms with Crippen LogP contribution in [0.3, 0.4) is 0 Å². The first-order valence-corrected chi connectivity index (χ1v) is 10.8. The smallest absolute Gasteiger partial charge is 0.359 e. The second kappa shape index (κ2) is 10.3. The van der Waals surface area contributed by atoms with Crippen LogP contribution in [-0.4, -0.2) is 36.6 Å². The summed E-state index contributed by atoms with van der Waals surface area (Å²) in [6.45, 7) is 1.98. The Bertz CT molecular complexity index is 1350. The van der Waals surface area contributed by atoms with E-state index in [1.54, 1.807) is 6.92 Å². The Kier molecular flexibility index (Phi) is 7.00. The van der Waals surface area contributed by atoms with Crippen LogP contribution in [-0.2, 0) is 30.9 Å². The van der Waals surface area contributed by atoms with Gasteiger partial charge in [-0.05, 0) is 48.7 Å². The van der Waals surface area contributed by atoms with Gasteiger partial charge >= 0.3 is 11.9 Å². The van der Waals surface area contributed by atoms with Crippen LogP contribution in [0.15, 0.2) is 60.7 Å². The number of benzene rings is 2. The van der Waals surface area contributed by atoms with Crippen molar-refractivity contribution in [3.05, 3.63) is 106 Å². The minimum atomic E-state index is -1.18. The zero-order chi connectivity index (χ0) is 24.9. The molecule has 4 rings (SSSR count). The first-order chi connectivity index (χ1) is 16.8. The predicted octanol–water partition coefficient (Wildman–Crippen LogP) is 4.01.